The lowest BCUT2D eigenvalue weighted by atomic mass is 10.2. The van der Waals surface area contributed by atoms with Crippen LogP contribution in [0.25, 0.3) is 5.69 Å². The number of nitriles is 2. The number of nitrogens with zero attached hydrogens (tertiary/aromatic N) is 7. The quantitative estimate of drug-likeness (QED) is 0.649. The largest absolute Gasteiger partial charge is 0.497 e. The molecule has 1 aromatic carbocycles. The van der Waals surface area contributed by atoms with E-state index in [9.17, 15) is 0 Å². The first-order valence-corrected chi connectivity index (χ1v) is 5.76. The Labute approximate surface area is 120 Å². The van der Waals surface area contributed by atoms with Gasteiger partial charge in [0.15, 0.2) is 5.82 Å². The van der Waals surface area contributed by atoms with Gasteiger partial charge >= 0.3 is 0 Å². The van der Waals surface area contributed by atoms with Gasteiger partial charge in [0.2, 0.25) is 5.71 Å². The summed E-state index contributed by atoms with van der Waals surface area (Å²) in [5, 5.41) is 32.2. The first-order chi connectivity index (χ1) is 10.2. The molecule has 0 fully saturated rings. The smallest absolute Gasteiger partial charge is 0.237 e. The molecule has 0 aliphatic heterocycles. The molecule has 0 saturated heterocycles. The topological polar surface area (TPSA) is 125 Å². The summed E-state index contributed by atoms with van der Waals surface area (Å²) >= 11 is 0. The number of nitrogens with one attached hydrogen (secondary N) is 1. The van der Waals surface area contributed by atoms with Crippen molar-refractivity contribution in [3.8, 4) is 23.6 Å². The van der Waals surface area contributed by atoms with E-state index < -0.39 is 0 Å². The molecule has 1 heterocycles. The third kappa shape index (κ3) is 3.11. The van der Waals surface area contributed by atoms with E-state index >= 15 is 0 Å². The lowest BCUT2D eigenvalue weighted by molar-refractivity contribution is 0.414. The zero-order valence-corrected chi connectivity index (χ0v) is 11.3. The summed E-state index contributed by atoms with van der Waals surface area (Å²) < 4.78 is 6.71. The highest BCUT2D eigenvalue weighted by atomic mass is 16.5. The number of hydrogen-bond donors (Lipinski definition) is 1. The molecule has 0 aliphatic rings. The predicted octanol–water partition coefficient (Wildman–Crippen LogP) is 0.794. The van der Waals surface area contributed by atoms with E-state index in [4.69, 9.17) is 15.3 Å². The second kappa shape index (κ2) is 6.12. The van der Waals surface area contributed by atoms with Crippen molar-refractivity contribution >= 4 is 11.4 Å². The summed E-state index contributed by atoms with van der Waals surface area (Å²) in [5.74, 6) is 1.16. The van der Waals surface area contributed by atoms with Gasteiger partial charge in [-0.15, -0.1) is 5.10 Å². The molecule has 0 amide bonds. The molecule has 1 N–H and O–H groups in total. The van der Waals surface area contributed by atoms with Gasteiger partial charge in [-0.05, 0) is 23.4 Å². The number of aryl methyl sites for hydroxylation is 1. The van der Waals surface area contributed by atoms with E-state index in [0.717, 1.165) is 0 Å². The van der Waals surface area contributed by atoms with Gasteiger partial charge in [-0.1, -0.05) is 0 Å². The van der Waals surface area contributed by atoms with Crippen LogP contribution in [0, 0.1) is 29.6 Å². The Hall–Kier alpha value is -3.46. The van der Waals surface area contributed by atoms with Crippen LogP contribution in [0.15, 0.2) is 23.3 Å². The maximum absolute atomic E-state index is 8.65. The normalized spacial score (nSPS) is 9.33. The van der Waals surface area contributed by atoms with Crippen molar-refractivity contribution in [3.05, 3.63) is 24.0 Å². The summed E-state index contributed by atoms with van der Waals surface area (Å²) in [5.41, 5.74) is 3.53. The molecule has 0 spiro atoms. The number of hydrazone groups is 1. The summed E-state index contributed by atoms with van der Waals surface area (Å²) in [6.07, 6.45) is 0. The van der Waals surface area contributed by atoms with Crippen LogP contribution >= 0.6 is 0 Å². The van der Waals surface area contributed by atoms with Crippen LogP contribution in [-0.2, 0) is 0 Å². The third-order valence-electron chi connectivity index (χ3n) is 2.51. The lowest BCUT2D eigenvalue weighted by Gasteiger charge is -2.08. The van der Waals surface area contributed by atoms with Crippen LogP contribution in [0.2, 0.25) is 0 Å². The van der Waals surface area contributed by atoms with Crippen molar-refractivity contribution in [2.75, 3.05) is 12.5 Å². The number of methoxy groups -OCH3 is 1. The number of rotatable bonds is 4. The van der Waals surface area contributed by atoms with E-state index in [0.29, 0.717) is 22.9 Å². The lowest BCUT2D eigenvalue weighted by Crippen LogP contribution is -2.02. The Bertz CT molecular complexity index is 748. The second-order valence-corrected chi connectivity index (χ2v) is 3.85. The van der Waals surface area contributed by atoms with Crippen LogP contribution < -0.4 is 10.2 Å². The number of aromatic nitrogens is 4. The van der Waals surface area contributed by atoms with E-state index in [1.165, 1.54) is 11.8 Å². The van der Waals surface area contributed by atoms with Gasteiger partial charge < -0.3 is 4.74 Å². The van der Waals surface area contributed by atoms with E-state index in [1.807, 2.05) is 0 Å². The van der Waals surface area contributed by atoms with Crippen LogP contribution in [0.5, 0.6) is 5.75 Å². The Morgan fingerprint density at radius 2 is 2.10 bits per heavy atom. The molecule has 2 aromatic rings. The van der Waals surface area contributed by atoms with Crippen LogP contribution in [0.1, 0.15) is 5.82 Å². The fourth-order valence-corrected chi connectivity index (χ4v) is 1.55. The van der Waals surface area contributed by atoms with E-state index in [1.54, 1.807) is 37.3 Å². The maximum atomic E-state index is 8.65. The minimum absolute atomic E-state index is 0.280. The number of tetrazole rings is 1. The van der Waals surface area contributed by atoms with Crippen LogP contribution in [0.4, 0.5) is 5.69 Å². The van der Waals surface area contributed by atoms with Crippen molar-refractivity contribution in [1.82, 2.24) is 20.2 Å². The number of ether oxygens (including phenoxy) is 1. The number of anilines is 1. The van der Waals surface area contributed by atoms with Gasteiger partial charge in [0.1, 0.15) is 17.9 Å². The molecular weight excluding hydrogens is 272 g/mol. The fraction of sp³-hybridized carbons (Fsp3) is 0.167. The zero-order chi connectivity index (χ0) is 15.2. The summed E-state index contributed by atoms with van der Waals surface area (Å²) in [7, 11) is 1.52. The van der Waals surface area contributed by atoms with Gasteiger partial charge in [-0.3, -0.25) is 5.43 Å². The third-order valence-corrected chi connectivity index (χ3v) is 2.51. The molecule has 0 bridgehead atoms. The maximum Gasteiger partial charge on any atom is 0.237 e. The summed E-state index contributed by atoms with van der Waals surface area (Å²) in [6.45, 7) is 1.76. The molecule has 0 aliphatic carbocycles. The van der Waals surface area contributed by atoms with Crippen molar-refractivity contribution in [2.24, 2.45) is 5.10 Å². The average molecular weight is 282 g/mol. The number of hydrogen-bond acceptors (Lipinski definition) is 8. The minimum atomic E-state index is -0.280. The van der Waals surface area contributed by atoms with Crippen molar-refractivity contribution < 1.29 is 4.74 Å². The van der Waals surface area contributed by atoms with Gasteiger partial charge in [-0.25, -0.2) is 0 Å². The van der Waals surface area contributed by atoms with Crippen LogP contribution in [-0.4, -0.2) is 33.0 Å². The molecule has 9 nitrogen and oxygen atoms in total. The molecule has 0 unspecified atom stereocenters. The first kappa shape index (κ1) is 14.0. The van der Waals surface area contributed by atoms with Crippen molar-refractivity contribution in [3.63, 3.8) is 0 Å². The summed E-state index contributed by atoms with van der Waals surface area (Å²) in [6, 6.07) is 8.44. The van der Waals surface area contributed by atoms with Gasteiger partial charge in [0.05, 0.1) is 18.5 Å². The standard InChI is InChI=1S/C12H10N8O/c1-8-15-18-19-20(8)11-3-9(4-12(5-11)21-2)16-17-10(6-13)7-14/h3-5,16H,1-2H3. The second-order valence-electron chi connectivity index (χ2n) is 3.85. The molecular formula is C12H10N8O. The molecule has 0 saturated carbocycles. The van der Waals surface area contributed by atoms with Gasteiger partial charge in [0.25, 0.3) is 0 Å². The molecule has 2 rings (SSSR count). The predicted molar refractivity (Wildman–Crippen MR) is 72.7 cm³/mol. The number of benzene rings is 1. The van der Waals surface area contributed by atoms with Crippen molar-refractivity contribution in [1.29, 1.82) is 10.5 Å². The zero-order valence-electron chi connectivity index (χ0n) is 11.3. The molecule has 0 atom stereocenters. The van der Waals surface area contributed by atoms with Crippen molar-refractivity contribution in [2.45, 2.75) is 6.92 Å². The van der Waals surface area contributed by atoms with E-state index in [2.05, 4.69) is 26.1 Å². The molecule has 0 radical (unpaired) electrons. The van der Waals surface area contributed by atoms with Crippen LogP contribution in [0.3, 0.4) is 0 Å². The Morgan fingerprint density at radius 3 is 2.67 bits per heavy atom. The highest BCUT2D eigenvalue weighted by Gasteiger charge is 2.07. The monoisotopic (exact) mass is 282 g/mol. The Kier molecular flexibility index (Phi) is 4.07. The molecule has 9 heteroatoms. The highest BCUT2D eigenvalue weighted by molar-refractivity contribution is 6.10. The first-order valence-electron chi connectivity index (χ1n) is 5.76. The highest BCUT2D eigenvalue weighted by Crippen LogP contribution is 2.23. The Morgan fingerprint density at radius 1 is 1.33 bits per heavy atom. The average Bonchev–Trinajstić information content (AvgIpc) is 2.94. The SMILES string of the molecule is COc1cc(NN=C(C#N)C#N)cc(-n2nnnc2C)c1. The van der Waals surface area contributed by atoms with Gasteiger partial charge in [-0.2, -0.15) is 20.3 Å². The fourth-order valence-electron chi connectivity index (χ4n) is 1.55. The van der Waals surface area contributed by atoms with Gasteiger partial charge in [0, 0.05) is 12.1 Å². The Balaban J connectivity index is 2.40. The minimum Gasteiger partial charge on any atom is -0.497 e. The van der Waals surface area contributed by atoms with E-state index in [-0.39, 0.29) is 5.71 Å². The molecule has 1 aromatic heterocycles. The molecule has 21 heavy (non-hydrogen) atoms. The molecule has 104 valence electrons. The summed E-state index contributed by atoms with van der Waals surface area (Å²) in [4.78, 5) is 0.